The largest absolute Gasteiger partial charge is 0.394 e. The van der Waals surface area contributed by atoms with Crippen molar-refractivity contribution in [1.82, 2.24) is 14.7 Å². The number of nitrogens with one attached hydrogen (secondary N) is 1. The molecule has 7 heteroatoms. The molecule has 0 radical (unpaired) electrons. The quantitative estimate of drug-likeness (QED) is 0.697. The Kier molecular flexibility index (Phi) is 5.49. The lowest BCUT2D eigenvalue weighted by molar-refractivity contribution is 0.0906. The minimum absolute atomic E-state index is 0.0275. The fraction of sp³-hybridized carbons (Fsp3) is 0.316. The molecule has 2 aromatic heterocycles. The van der Waals surface area contributed by atoms with Gasteiger partial charge in [0.15, 0.2) is 4.96 Å². The van der Waals surface area contributed by atoms with Gasteiger partial charge in [0.2, 0.25) is 0 Å². The van der Waals surface area contributed by atoms with Crippen LogP contribution in [0.25, 0.3) is 16.2 Å². The third-order valence-electron chi connectivity index (χ3n) is 4.07. The molecule has 1 unspecified atom stereocenters. The van der Waals surface area contributed by atoms with Gasteiger partial charge in [-0.25, -0.2) is 4.98 Å². The molecule has 0 saturated heterocycles. The van der Waals surface area contributed by atoms with Gasteiger partial charge in [0, 0.05) is 11.6 Å². The van der Waals surface area contributed by atoms with Crippen LogP contribution in [-0.4, -0.2) is 33.0 Å². The van der Waals surface area contributed by atoms with Crippen LogP contribution in [0.2, 0.25) is 0 Å². The summed E-state index contributed by atoms with van der Waals surface area (Å²) < 4.78 is 1.46. The highest BCUT2D eigenvalue weighted by Crippen LogP contribution is 2.23. The van der Waals surface area contributed by atoms with Crippen LogP contribution < -0.4 is 10.9 Å². The fourth-order valence-electron chi connectivity index (χ4n) is 2.87. The van der Waals surface area contributed by atoms with Gasteiger partial charge in [0.05, 0.1) is 18.3 Å². The van der Waals surface area contributed by atoms with Crippen molar-refractivity contribution in [3.8, 4) is 11.3 Å². The molecule has 26 heavy (non-hydrogen) atoms. The van der Waals surface area contributed by atoms with Crippen molar-refractivity contribution < 1.29 is 9.90 Å². The molecule has 3 aromatic rings. The van der Waals surface area contributed by atoms with E-state index in [9.17, 15) is 14.7 Å². The third-order valence-corrected chi connectivity index (χ3v) is 4.91. The van der Waals surface area contributed by atoms with Crippen molar-refractivity contribution in [2.75, 3.05) is 6.61 Å². The van der Waals surface area contributed by atoms with E-state index in [1.54, 1.807) is 0 Å². The summed E-state index contributed by atoms with van der Waals surface area (Å²) in [5, 5.41) is 14.0. The summed E-state index contributed by atoms with van der Waals surface area (Å²) in [6.07, 6.45) is 1.94. The number of hydrogen-bond acceptors (Lipinski definition) is 5. The Hall–Kier alpha value is -2.51. The van der Waals surface area contributed by atoms with Gasteiger partial charge in [-0.3, -0.25) is 14.0 Å². The lowest BCUT2D eigenvalue weighted by Gasteiger charge is -2.18. The standard InChI is InChI=1S/C19H21N3O3S/c1-12(2)8-14(10-23)21-17(24)15-9-20-19-22(18(15)25)16(11-26-19)13-6-4-3-5-7-13/h3-7,9,11-12,14,23H,8,10H2,1-2H3,(H,21,24). The number of aliphatic hydroxyl groups excluding tert-OH is 1. The molecular weight excluding hydrogens is 350 g/mol. The molecule has 2 heterocycles. The molecule has 0 bridgehead atoms. The molecule has 0 saturated carbocycles. The lowest BCUT2D eigenvalue weighted by atomic mass is 10.0. The molecule has 3 rings (SSSR count). The topological polar surface area (TPSA) is 83.7 Å². The van der Waals surface area contributed by atoms with E-state index in [-0.39, 0.29) is 12.2 Å². The SMILES string of the molecule is CC(C)CC(CO)NC(=O)c1cnc2scc(-c3ccccc3)n2c1=O. The molecule has 6 nitrogen and oxygen atoms in total. The van der Waals surface area contributed by atoms with Gasteiger partial charge in [0.25, 0.3) is 11.5 Å². The molecule has 0 aliphatic heterocycles. The third kappa shape index (κ3) is 3.68. The Labute approximate surface area is 155 Å². The molecule has 1 aromatic carbocycles. The normalized spacial score (nSPS) is 12.5. The van der Waals surface area contributed by atoms with Crippen molar-refractivity contribution in [1.29, 1.82) is 0 Å². The van der Waals surface area contributed by atoms with Crippen LogP contribution in [0.15, 0.2) is 46.7 Å². The second-order valence-electron chi connectivity index (χ2n) is 6.56. The summed E-state index contributed by atoms with van der Waals surface area (Å²) in [6, 6.07) is 9.12. The number of rotatable bonds is 6. The highest BCUT2D eigenvalue weighted by Gasteiger charge is 2.20. The van der Waals surface area contributed by atoms with E-state index >= 15 is 0 Å². The number of amides is 1. The van der Waals surface area contributed by atoms with Crippen LogP contribution in [0.1, 0.15) is 30.6 Å². The first-order valence-corrected chi connectivity index (χ1v) is 9.35. The highest BCUT2D eigenvalue weighted by molar-refractivity contribution is 7.15. The number of aromatic nitrogens is 2. The summed E-state index contributed by atoms with van der Waals surface area (Å²) >= 11 is 1.35. The van der Waals surface area contributed by atoms with Crippen molar-refractivity contribution in [3.05, 3.63) is 57.8 Å². The summed E-state index contributed by atoms with van der Waals surface area (Å²) in [4.78, 5) is 30.3. The summed E-state index contributed by atoms with van der Waals surface area (Å²) in [6.45, 7) is 3.85. The van der Waals surface area contributed by atoms with E-state index in [0.29, 0.717) is 23.0 Å². The van der Waals surface area contributed by atoms with Gasteiger partial charge in [-0.2, -0.15) is 0 Å². The van der Waals surface area contributed by atoms with Gasteiger partial charge < -0.3 is 10.4 Å². The average Bonchev–Trinajstić information content (AvgIpc) is 3.06. The molecule has 0 aliphatic carbocycles. The number of benzene rings is 1. The van der Waals surface area contributed by atoms with Crippen LogP contribution >= 0.6 is 11.3 Å². The van der Waals surface area contributed by atoms with E-state index < -0.39 is 17.5 Å². The van der Waals surface area contributed by atoms with Crippen LogP contribution in [0.5, 0.6) is 0 Å². The minimum Gasteiger partial charge on any atom is -0.394 e. The number of hydrogen-bond donors (Lipinski definition) is 2. The second kappa shape index (κ2) is 7.80. The van der Waals surface area contributed by atoms with E-state index in [1.165, 1.54) is 21.9 Å². The average molecular weight is 371 g/mol. The fourth-order valence-corrected chi connectivity index (χ4v) is 3.73. The zero-order chi connectivity index (χ0) is 18.7. The van der Waals surface area contributed by atoms with E-state index in [4.69, 9.17) is 0 Å². The Morgan fingerprint density at radius 2 is 2.04 bits per heavy atom. The number of aliphatic hydroxyl groups is 1. The van der Waals surface area contributed by atoms with Crippen LogP contribution in [0, 0.1) is 5.92 Å². The predicted molar refractivity (Wildman–Crippen MR) is 103 cm³/mol. The maximum absolute atomic E-state index is 12.9. The Morgan fingerprint density at radius 3 is 2.69 bits per heavy atom. The van der Waals surface area contributed by atoms with Gasteiger partial charge in [-0.1, -0.05) is 44.2 Å². The van der Waals surface area contributed by atoms with Crippen molar-refractivity contribution in [3.63, 3.8) is 0 Å². The number of carbonyl (C=O) groups excluding carboxylic acids is 1. The van der Waals surface area contributed by atoms with Crippen molar-refractivity contribution in [2.24, 2.45) is 5.92 Å². The maximum Gasteiger partial charge on any atom is 0.271 e. The smallest absolute Gasteiger partial charge is 0.271 e. The zero-order valence-electron chi connectivity index (χ0n) is 14.7. The van der Waals surface area contributed by atoms with Gasteiger partial charge >= 0.3 is 0 Å². The molecule has 0 fully saturated rings. The van der Waals surface area contributed by atoms with Gasteiger partial charge in [0.1, 0.15) is 5.56 Å². The molecular formula is C19H21N3O3S. The van der Waals surface area contributed by atoms with Crippen LogP contribution in [0.3, 0.4) is 0 Å². The van der Waals surface area contributed by atoms with Gasteiger partial charge in [-0.15, -0.1) is 11.3 Å². The first-order valence-electron chi connectivity index (χ1n) is 8.47. The first-order chi connectivity index (χ1) is 12.5. The van der Waals surface area contributed by atoms with Gasteiger partial charge in [-0.05, 0) is 17.9 Å². The molecule has 0 spiro atoms. The van der Waals surface area contributed by atoms with E-state index in [2.05, 4.69) is 10.3 Å². The monoisotopic (exact) mass is 371 g/mol. The molecule has 2 N–H and O–H groups in total. The maximum atomic E-state index is 12.9. The Balaban J connectivity index is 1.99. The minimum atomic E-state index is -0.512. The second-order valence-corrected chi connectivity index (χ2v) is 7.40. The predicted octanol–water partition coefficient (Wildman–Crippen LogP) is 2.56. The Bertz CT molecular complexity index is 963. The summed E-state index contributed by atoms with van der Waals surface area (Å²) in [5.41, 5.74) is 1.15. The summed E-state index contributed by atoms with van der Waals surface area (Å²) in [7, 11) is 0. The molecule has 0 aliphatic rings. The number of fused-ring (bicyclic) bond motifs is 1. The van der Waals surface area contributed by atoms with Crippen molar-refractivity contribution >= 4 is 22.2 Å². The zero-order valence-corrected chi connectivity index (χ0v) is 15.5. The highest BCUT2D eigenvalue weighted by atomic mass is 32.1. The van der Waals surface area contributed by atoms with Crippen LogP contribution in [-0.2, 0) is 0 Å². The molecule has 1 amide bonds. The molecule has 136 valence electrons. The van der Waals surface area contributed by atoms with Crippen LogP contribution in [0.4, 0.5) is 0 Å². The number of carbonyl (C=O) groups is 1. The summed E-state index contributed by atoms with van der Waals surface area (Å²) in [5.74, 6) is -0.197. The Morgan fingerprint density at radius 1 is 1.31 bits per heavy atom. The first kappa shape index (κ1) is 18.3. The molecule has 1 atom stereocenters. The number of thiazole rings is 1. The van der Waals surface area contributed by atoms with Crippen molar-refractivity contribution in [2.45, 2.75) is 26.3 Å². The van der Waals surface area contributed by atoms with E-state index in [1.807, 2.05) is 49.6 Å². The number of nitrogens with zero attached hydrogens (tertiary/aromatic N) is 2. The lowest BCUT2D eigenvalue weighted by Crippen LogP contribution is -2.41. The van der Waals surface area contributed by atoms with E-state index in [0.717, 1.165) is 5.56 Å².